The van der Waals surface area contributed by atoms with Crippen LogP contribution in [0.4, 0.5) is 5.82 Å². The fourth-order valence-electron chi connectivity index (χ4n) is 3.51. The summed E-state index contributed by atoms with van der Waals surface area (Å²) in [4.78, 5) is 6.75. The van der Waals surface area contributed by atoms with Crippen molar-refractivity contribution in [1.82, 2.24) is 4.98 Å². The van der Waals surface area contributed by atoms with Crippen LogP contribution in [0.1, 0.15) is 48.9 Å². The predicted molar refractivity (Wildman–Crippen MR) is 77.6 cm³/mol. The zero-order chi connectivity index (χ0) is 14.1. The van der Waals surface area contributed by atoms with Crippen LogP contribution in [-0.4, -0.2) is 29.3 Å². The van der Waals surface area contributed by atoms with Crippen molar-refractivity contribution in [3.05, 3.63) is 22.9 Å². The third-order valence-electron chi connectivity index (χ3n) is 4.68. The second-order valence-electron chi connectivity index (χ2n) is 5.96. The number of pyridine rings is 1. The lowest BCUT2D eigenvalue weighted by atomic mass is 9.91. The molecular formula is C16H21N3O. The highest BCUT2D eigenvalue weighted by Crippen LogP contribution is 2.30. The molecule has 1 N–H and O–H groups in total. The Labute approximate surface area is 120 Å². The van der Waals surface area contributed by atoms with Crippen molar-refractivity contribution in [3.63, 3.8) is 0 Å². The van der Waals surface area contributed by atoms with E-state index in [-0.39, 0.29) is 12.1 Å². The predicted octanol–water partition coefficient (Wildman–Crippen LogP) is 2.18. The van der Waals surface area contributed by atoms with Gasteiger partial charge in [-0.2, -0.15) is 5.26 Å². The Hall–Kier alpha value is -1.60. The standard InChI is InChI=1S/C16H21N3O/c1-19(14-7-2-3-8-15(14)20)16-12(10-17)9-11-5-4-6-13(11)18-16/h9,14-15,20H,2-8H2,1H3. The third-order valence-corrected chi connectivity index (χ3v) is 4.68. The van der Waals surface area contributed by atoms with Crippen LogP contribution in [0.5, 0.6) is 0 Å². The monoisotopic (exact) mass is 271 g/mol. The number of nitriles is 1. The van der Waals surface area contributed by atoms with Crippen molar-refractivity contribution in [2.75, 3.05) is 11.9 Å². The van der Waals surface area contributed by atoms with E-state index in [1.165, 1.54) is 5.56 Å². The second-order valence-corrected chi connectivity index (χ2v) is 5.96. The smallest absolute Gasteiger partial charge is 0.146 e. The number of fused-ring (bicyclic) bond motifs is 1. The summed E-state index contributed by atoms with van der Waals surface area (Å²) < 4.78 is 0. The molecule has 0 spiro atoms. The molecule has 1 aromatic heterocycles. The lowest BCUT2D eigenvalue weighted by Gasteiger charge is -2.36. The minimum Gasteiger partial charge on any atom is -0.391 e. The molecule has 4 heteroatoms. The highest BCUT2D eigenvalue weighted by Gasteiger charge is 2.29. The molecule has 0 aliphatic heterocycles. The van der Waals surface area contributed by atoms with E-state index in [1.54, 1.807) is 0 Å². The molecule has 0 radical (unpaired) electrons. The maximum atomic E-state index is 10.2. The topological polar surface area (TPSA) is 60.2 Å². The Kier molecular flexibility index (Phi) is 3.62. The van der Waals surface area contributed by atoms with Gasteiger partial charge in [-0.1, -0.05) is 12.8 Å². The van der Waals surface area contributed by atoms with Crippen LogP contribution in [0, 0.1) is 11.3 Å². The summed E-state index contributed by atoms with van der Waals surface area (Å²) in [5.41, 5.74) is 3.00. The Morgan fingerprint density at radius 3 is 2.85 bits per heavy atom. The number of aliphatic hydroxyl groups excluding tert-OH is 1. The zero-order valence-electron chi connectivity index (χ0n) is 12.0. The average Bonchev–Trinajstić information content (AvgIpc) is 2.92. The van der Waals surface area contributed by atoms with E-state index in [1.807, 2.05) is 18.0 Å². The molecule has 2 aliphatic rings. The summed E-state index contributed by atoms with van der Waals surface area (Å²) in [6.07, 6.45) is 6.92. The maximum Gasteiger partial charge on any atom is 0.146 e. The SMILES string of the molecule is CN(c1nc2c(cc1C#N)CCC2)C1CCCCC1O. The molecule has 4 nitrogen and oxygen atoms in total. The molecule has 0 saturated heterocycles. The van der Waals surface area contributed by atoms with Crippen LogP contribution >= 0.6 is 0 Å². The van der Waals surface area contributed by atoms with E-state index in [2.05, 4.69) is 6.07 Å². The molecule has 1 aromatic rings. The van der Waals surface area contributed by atoms with Crippen LogP contribution in [0.2, 0.25) is 0 Å². The molecule has 3 rings (SSSR count). The molecule has 20 heavy (non-hydrogen) atoms. The highest BCUT2D eigenvalue weighted by molar-refractivity contribution is 5.57. The van der Waals surface area contributed by atoms with Gasteiger partial charge in [0.1, 0.15) is 11.9 Å². The number of hydrogen-bond donors (Lipinski definition) is 1. The number of likely N-dealkylation sites (N-methyl/N-ethyl adjacent to an activating group) is 1. The minimum absolute atomic E-state index is 0.0859. The van der Waals surface area contributed by atoms with Crippen LogP contribution in [0.15, 0.2) is 6.07 Å². The van der Waals surface area contributed by atoms with Crippen molar-refractivity contribution in [1.29, 1.82) is 5.26 Å². The van der Waals surface area contributed by atoms with E-state index < -0.39 is 0 Å². The van der Waals surface area contributed by atoms with Gasteiger partial charge in [0.05, 0.1) is 17.7 Å². The first-order valence-electron chi connectivity index (χ1n) is 7.54. The Morgan fingerprint density at radius 2 is 2.10 bits per heavy atom. The van der Waals surface area contributed by atoms with E-state index in [4.69, 9.17) is 4.98 Å². The van der Waals surface area contributed by atoms with Crippen LogP contribution in [-0.2, 0) is 12.8 Å². The first-order valence-corrected chi connectivity index (χ1v) is 7.54. The van der Waals surface area contributed by atoms with Crippen molar-refractivity contribution >= 4 is 5.82 Å². The Bertz CT molecular complexity index is 549. The largest absolute Gasteiger partial charge is 0.391 e. The Balaban J connectivity index is 1.94. The molecular weight excluding hydrogens is 250 g/mol. The maximum absolute atomic E-state index is 10.2. The van der Waals surface area contributed by atoms with E-state index in [0.717, 1.165) is 56.5 Å². The summed E-state index contributed by atoms with van der Waals surface area (Å²) in [6, 6.07) is 4.36. The van der Waals surface area contributed by atoms with Gasteiger partial charge >= 0.3 is 0 Å². The highest BCUT2D eigenvalue weighted by atomic mass is 16.3. The summed E-state index contributed by atoms with van der Waals surface area (Å²) in [5, 5.41) is 19.6. The molecule has 0 bridgehead atoms. The molecule has 106 valence electrons. The molecule has 0 amide bonds. The number of rotatable bonds is 2. The van der Waals surface area contributed by atoms with Crippen molar-refractivity contribution in [2.45, 2.75) is 57.1 Å². The van der Waals surface area contributed by atoms with Gasteiger partial charge in [-0.05, 0) is 43.7 Å². The van der Waals surface area contributed by atoms with Gasteiger partial charge in [-0.25, -0.2) is 4.98 Å². The summed E-state index contributed by atoms with van der Waals surface area (Å²) in [5.74, 6) is 0.749. The van der Waals surface area contributed by atoms with Crippen molar-refractivity contribution in [2.24, 2.45) is 0 Å². The summed E-state index contributed by atoms with van der Waals surface area (Å²) >= 11 is 0. The van der Waals surface area contributed by atoms with Gasteiger partial charge < -0.3 is 10.0 Å². The number of aromatic nitrogens is 1. The molecule has 2 aliphatic carbocycles. The number of aliphatic hydroxyl groups is 1. The molecule has 0 aromatic carbocycles. The van der Waals surface area contributed by atoms with Gasteiger partial charge in [0, 0.05) is 12.7 Å². The van der Waals surface area contributed by atoms with Gasteiger partial charge in [0.25, 0.3) is 0 Å². The van der Waals surface area contributed by atoms with Crippen molar-refractivity contribution in [3.8, 4) is 6.07 Å². The third kappa shape index (κ3) is 2.27. The van der Waals surface area contributed by atoms with Crippen LogP contribution < -0.4 is 4.90 Å². The van der Waals surface area contributed by atoms with E-state index >= 15 is 0 Å². The number of anilines is 1. The van der Waals surface area contributed by atoms with E-state index in [0.29, 0.717) is 5.56 Å². The fraction of sp³-hybridized carbons (Fsp3) is 0.625. The van der Waals surface area contributed by atoms with E-state index in [9.17, 15) is 10.4 Å². The normalized spacial score (nSPS) is 25.1. The molecule has 2 atom stereocenters. The van der Waals surface area contributed by atoms with Gasteiger partial charge in [-0.3, -0.25) is 0 Å². The molecule has 2 unspecified atom stereocenters. The number of aryl methyl sites for hydroxylation is 2. The zero-order valence-corrected chi connectivity index (χ0v) is 12.0. The van der Waals surface area contributed by atoms with Gasteiger partial charge in [-0.15, -0.1) is 0 Å². The second kappa shape index (κ2) is 5.41. The molecule has 1 saturated carbocycles. The number of hydrogen-bond acceptors (Lipinski definition) is 4. The first kappa shape index (κ1) is 13.4. The fourth-order valence-corrected chi connectivity index (χ4v) is 3.51. The van der Waals surface area contributed by atoms with Crippen LogP contribution in [0.25, 0.3) is 0 Å². The van der Waals surface area contributed by atoms with Crippen molar-refractivity contribution < 1.29 is 5.11 Å². The summed E-state index contributed by atoms with van der Waals surface area (Å²) in [7, 11) is 1.96. The quantitative estimate of drug-likeness (QED) is 0.895. The van der Waals surface area contributed by atoms with Crippen LogP contribution in [0.3, 0.4) is 0 Å². The Morgan fingerprint density at radius 1 is 1.30 bits per heavy atom. The van der Waals surface area contributed by atoms with Gasteiger partial charge in [0.2, 0.25) is 0 Å². The lowest BCUT2D eigenvalue weighted by Crippen LogP contribution is -2.44. The molecule has 1 fully saturated rings. The first-order chi connectivity index (χ1) is 9.70. The summed E-state index contributed by atoms with van der Waals surface area (Å²) in [6.45, 7) is 0. The average molecular weight is 271 g/mol. The molecule has 1 heterocycles. The lowest BCUT2D eigenvalue weighted by molar-refractivity contribution is 0.106. The van der Waals surface area contributed by atoms with Gasteiger partial charge in [0.15, 0.2) is 0 Å². The minimum atomic E-state index is -0.310. The number of nitrogens with zero attached hydrogens (tertiary/aromatic N) is 3.